The van der Waals surface area contributed by atoms with Crippen LogP contribution in [0.15, 0.2) is 35.2 Å². The van der Waals surface area contributed by atoms with E-state index in [1.54, 1.807) is 6.20 Å². The summed E-state index contributed by atoms with van der Waals surface area (Å²) in [7, 11) is 0. The molecule has 21 heavy (non-hydrogen) atoms. The molecule has 0 aliphatic heterocycles. The van der Waals surface area contributed by atoms with E-state index < -0.39 is 0 Å². The minimum absolute atomic E-state index is 0.582. The summed E-state index contributed by atoms with van der Waals surface area (Å²) in [4.78, 5) is 12.6. The van der Waals surface area contributed by atoms with Gasteiger partial charge in [0.25, 0.3) is 0 Å². The first-order chi connectivity index (χ1) is 10.3. The molecule has 2 aromatic heterocycles. The first-order valence-corrected chi connectivity index (χ1v) is 7.87. The number of halogens is 1. The molecule has 0 amide bonds. The van der Waals surface area contributed by atoms with Crippen molar-refractivity contribution in [2.45, 2.75) is 26.2 Å². The van der Waals surface area contributed by atoms with Gasteiger partial charge in [-0.3, -0.25) is 4.98 Å². The third-order valence-corrected chi connectivity index (χ3v) is 3.39. The van der Waals surface area contributed by atoms with Gasteiger partial charge in [0.05, 0.1) is 17.3 Å². The number of aryl methyl sites for hydroxylation is 1. The molecule has 1 N–H and O–H groups in total. The standard InChI is InChI=1S/C15H19BrN4O/c1-2-7-18-15-19-11-13(16)14(20-15)21-10-3-4-12-5-8-17-9-6-12/h5-6,8-9,11H,2-4,7,10H2,1H3,(H,18,19,20). The second kappa shape index (κ2) is 8.56. The van der Waals surface area contributed by atoms with Crippen LogP contribution in [0.5, 0.6) is 5.88 Å². The van der Waals surface area contributed by atoms with Gasteiger partial charge in [0.1, 0.15) is 0 Å². The van der Waals surface area contributed by atoms with Crippen LogP contribution in [-0.4, -0.2) is 28.1 Å². The number of nitrogens with zero attached hydrogens (tertiary/aromatic N) is 3. The van der Waals surface area contributed by atoms with E-state index in [-0.39, 0.29) is 0 Å². The Labute approximate surface area is 133 Å². The summed E-state index contributed by atoms with van der Waals surface area (Å²) in [6, 6.07) is 4.04. The maximum atomic E-state index is 5.73. The van der Waals surface area contributed by atoms with E-state index in [9.17, 15) is 0 Å². The first kappa shape index (κ1) is 15.7. The van der Waals surface area contributed by atoms with Crippen molar-refractivity contribution in [2.75, 3.05) is 18.5 Å². The Morgan fingerprint density at radius 3 is 2.86 bits per heavy atom. The third kappa shape index (κ3) is 5.30. The second-order valence-corrected chi connectivity index (χ2v) is 5.44. The van der Waals surface area contributed by atoms with Crippen molar-refractivity contribution in [3.8, 4) is 5.88 Å². The van der Waals surface area contributed by atoms with Crippen molar-refractivity contribution in [1.82, 2.24) is 15.0 Å². The highest BCUT2D eigenvalue weighted by atomic mass is 79.9. The minimum Gasteiger partial charge on any atom is -0.477 e. The van der Waals surface area contributed by atoms with E-state index in [1.165, 1.54) is 5.56 Å². The largest absolute Gasteiger partial charge is 0.477 e. The summed E-state index contributed by atoms with van der Waals surface area (Å²) in [5.41, 5.74) is 1.26. The maximum Gasteiger partial charge on any atom is 0.232 e. The molecule has 6 heteroatoms. The van der Waals surface area contributed by atoms with Gasteiger partial charge in [-0.05, 0) is 52.9 Å². The first-order valence-electron chi connectivity index (χ1n) is 7.07. The molecular formula is C15H19BrN4O. The van der Waals surface area contributed by atoms with Gasteiger partial charge in [-0.1, -0.05) is 6.92 Å². The number of pyridine rings is 1. The number of nitrogens with one attached hydrogen (secondary N) is 1. The highest BCUT2D eigenvalue weighted by Crippen LogP contribution is 2.22. The molecule has 5 nitrogen and oxygen atoms in total. The van der Waals surface area contributed by atoms with Crippen LogP contribution >= 0.6 is 15.9 Å². The molecule has 0 spiro atoms. The van der Waals surface area contributed by atoms with Crippen LogP contribution in [0.4, 0.5) is 5.95 Å². The lowest BCUT2D eigenvalue weighted by molar-refractivity contribution is 0.297. The Bertz CT molecular complexity index is 551. The molecule has 0 atom stereocenters. The smallest absolute Gasteiger partial charge is 0.232 e. The molecule has 0 fully saturated rings. The van der Waals surface area contributed by atoms with Crippen LogP contribution in [-0.2, 0) is 6.42 Å². The van der Waals surface area contributed by atoms with Gasteiger partial charge in [-0.25, -0.2) is 4.98 Å². The summed E-state index contributed by atoms with van der Waals surface area (Å²) in [6.07, 6.45) is 8.25. The van der Waals surface area contributed by atoms with Crippen LogP contribution in [0.1, 0.15) is 25.3 Å². The molecule has 0 saturated carbocycles. The summed E-state index contributed by atoms with van der Waals surface area (Å²) in [5.74, 6) is 1.18. The molecule has 0 bridgehead atoms. The van der Waals surface area contributed by atoms with Crippen molar-refractivity contribution in [3.63, 3.8) is 0 Å². The third-order valence-electron chi connectivity index (χ3n) is 2.84. The molecule has 2 heterocycles. The fourth-order valence-electron chi connectivity index (χ4n) is 1.77. The molecular weight excluding hydrogens is 332 g/mol. The number of aromatic nitrogens is 3. The summed E-state index contributed by atoms with van der Waals surface area (Å²) in [5, 5.41) is 3.15. The van der Waals surface area contributed by atoms with Crippen molar-refractivity contribution in [2.24, 2.45) is 0 Å². The highest BCUT2D eigenvalue weighted by Gasteiger charge is 2.06. The van der Waals surface area contributed by atoms with E-state index in [0.29, 0.717) is 18.4 Å². The van der Waals surface area contributed by atoms with Gasteiger partial charge in [0.15, 0.2) is 0 Å². The average Bonchev–Trinajstić information content (AvgIpc) is 2.53. The van der Waals surface area contributed by atoms with Gasteiger partial charge >= 0.3 is 0 Å². The molecule has 2 rings (SSSR count). The van der Waals surface area contributed by atoms with Crippen LogP contribution in [0.2, 0.25) is 0 Å². The lowest BCUT2D eigenvalue weighted by Crippen LogP contribution is -2.07. The molecule has 0 unspecified atom stereocenters. The number of hydrogen-bond donors (Lipinski definition) is 1. The minimum atomic E-state index is 0.582. The number of ether oxygens (including phenoxy) is 1. The SMILES string of the molecule is CCCNc1ncc(Br)c(OCCCc2ccncc2)n1. The highest BCUT2D eigenvalue weighted by molar-refractivity contribution is 9.10. The average molecular weight is 351 g/mol. The predicted octanol–water partition coefficient (Wildman–Crippen LogP) is 3.47. The van der Waals surface area contributed by atoms with Crippen molar-refractivity contribution >= 4 is 21.9 Å². The molecule has 112 valence electrons. The molecule has 0 aromatic carbocycles. The van der Waals surface area contributed by atoms with Crippen molar-refractivity contribution in [1.29, 1.82) is 0 Å². The maximum absolute atomic E-state index is 5.73. The summed E-state index contributed by atoms with van der Waals surface area (Å²) < 4.78 is 6.50. The summed E-state index contributed by atoms with van der Waals surface area (Å²) >= 11 is 3.41. The Balaban J connectivity index is 1.82. The monoisotopic (exact) mass is 350 g/mol. The normalized spacial score (nSPS) is 10.4. The molecule has 0 radical (unpaired) electrons. The zero-order chi connectivity index (χ0) is 14.9. The Kier molecular flexibility index (Phi) is 6.40. The fourth-order valence-corrected chi connectivity index (χ4v) is 2.07. The van der Waals surface area contributed by atoms with Crippen molar-refractivity contribution in [3.05, 3.63) is 40.8 Å². The Morgan fingerprint density at radius 2 is 2.10 bits per heavy atom. The number of anilines is 1. The van der Waals surface area contributed by atoms with E-state index in [4.69, 9.17) is 4.74 Å². The molecule has 0 saturated heterocycles. The fraction of sp³-hybridized carbons (Fsp3) is 0.400. The molecule has 0 aliphatic carbocycles. The van der Waals surface area contributed by atoms with Gasteiger partial charge in [-0.2, -0.15) is 4.98 Å². The second-order valence-electron chi connectivity index (χ2n) is 4.58. The quantitative estimate of drug-likeness (QED) is 0.738. The Morgan fingerprint density at radius 1 is 1.29 bits per heavy atom. The van der Waals surface area contributed by atoms with Crippen LogP contribution in [0.25, 0.3) is 0 Å². The lowest BCUT2D eigenvalue weighted by Gasteiger charge is -2.09. The topological polar surface area (TPSA) is 59.9 Å². The van der Waals surface area contributed by atoms with E-state index in [2.05, 4.69) is 43.1 Å². The number of hydrogen-bond acceptors (Lipinski definition) is 5. The lowest BCUT2D eigenvalue weighted by atomic mass is 10.1. The van der Waals surface area contributed by atoms with E-state index in [1.807, 2.05) is 24.5 Å². The van der Waals surface area contributed by atoms with Crippen molar-refractivity contribution < 1.29 is 4.74 Å². The van der Waals surface area contributed by atoms with Gasteiger partial charge < -0.3 is 10.1 Å². The van der Waals surface area contributed by atoms with Gasteiger partial charge in [-0.15, -0.1) is 0 Å². The zero-order valence-electron chi connectivity index (χ0n) is 12.1. The summed E-state index contributed by atoms with van der Waals surface area (Å²) in [6.45, 7) is 3.57. The zero-order valence-corrected chi connectivity index (χ0v) is 13.6. The van der Waals surface area contributed by atoms with Crippen LogP contribution < -0.4 is 10.1 Å². The van der Waals surface area contributed by atoms with Crippen LogP contribution in [0, 0.1) is 0 Å². The van der Waals surface area contributed by atoms with E-state index >= 15 is 0 Å². The predicted molar refractivity (Wildman–Crippen MR) is 86.6 cm³/mol. The number of rotatable bonds is 8. The van der Waals surface area contributed by atoms with Gasteiger partial charge in [0.2, 0.25) is 11.8 Å². The molecule has 0 aliphatic rings. The van der Waals surface area contributed by atoms with Crippen LogP contribution in [0.3, 0.4) is 0 Å². The molecule has 2 aromatic rings. The van der Waals surface area contributed by atoms with E-state index in [0.717, 1.165) is 30.3 Å². The Hall–Kier alpha value is -1.69. The van der Waals surface area contributed by atoms with Gasteiger partial charge in [0, 0.05) is 18.9 Å².